The highest BCUT2D eigenvalue weighted by molar-refractivity contribution is 5.90. The largest absolute Gasteiger partial charge is 0.467 e. The van der Waals surface area contributed by atoms with E-state index < -0.39 is 23.3 Å². The lowest BCUT2D eigenvalue weighted by Crippen LogP contribution is -2.60. The molecule has 0 aliphatic carbocycles. The van der Waals surface area contributed by atoms with Crippen molar-refractivity contribution in [2.75, 3.05) is 13.7 Å². The zero-order chi connectivity index (χ0) is 22.6. The maximum absolute atomic E-state index is 13.4. The van der Waals surface area contributed by atoms with Crippen LogP contribution in [0.25, 0.3) is 0 Å². The minimum atomic E-state index is -1.19. The van der Waals surface area contributed by atoms with Crippen LogP contribution in [0.3, 0.4) is 0 Å². The molecule has 0 spiro atoms. The molecule has 1 aliphatic rings. The van der Waals surface area contributed by atoms with Gasteiger partial charge in [-0.25, -0.2) is 4.79 Å². The van der Waals surface area contributed by atoms with Crippen LogP contribution in [-0.2, 0) is 25.5 Å². The molecule has 0 radical (unpaired) electrons. The third kappa shape index (κ3) is 4.97. The number of amides is 1. The zero-order valence-corrected chi connectivity index (χ0v) is 18.9. The average molecular weight is 425 g/mol. The Morgan fingerprint density at radius 2 is 1.74 bits per heavy atom. The maximum atomic E-state index is 13.4. The van der Waals surface area contributed by atoms with Gasteiger partial charge in [-0.3, -0.25) is 9.69 Å². The van der Waals surface area contributed by atoms with Crippen LogP contribution in [0.4, 0.5) is 0 Å². The molecule has 2 aromatic carbocycles. The number of ether oxygens (including phenoxy) is 2. The van der Waals surface area contributed by atoms with Crippen LogP contribution < -0.4 is 5.32 Å². The predicted octanol–water partition coefficient (Wildman–Crippen LogP) is 3.48. The van der Waals surface area contributed by atoms with Crippen molar-refractivity contribution >= 4 is 11.9 Å². The minimum Gasteiger partial charge on any atom is -0.467 e. The van der Waals surface area contributed by atoms with Crippen LogP contribution in [0.1, 0.15) is 44.9 Å². The Labute approximate surface area is 184 Å². The molecule has 6 nitrogen and oxygen atoms in total. The highest BCUT2D eigenvalue weighted by atomic mass is 16.5. The average Bonchev–Trinajstić information content (AvgIpc) is 3.08. The number of esters is 1. The first-order chi connectivity index (χ1) is 14.7. The SMILES string of the molecule is COC(=O)[C@](C)(Cc1ccccc1)NC(=O)[C@H](C)N1[C@H](c2ccccc2)COC1(C)C. The summed E-state index contributed by atoms with van der Waals surface area (Å²) in [5, 5.41) is 2.97. The lowest BCUT2D eigenvalue weighted by Gasteiger charge is -2.39. The van der Waals surface area contributed by atoms with Crippen LogP contribution >= 0.6 is 0 Å². The molecule has 1 saturated heterocycles. The van der Waals surface area contributed by atoms with Crippen LogP contribution in [0.2, 0.25) is 0 Å². The van der Waals surface area contributed by atoms with Crippen molar-refractivity contribution in [3.63, 3.8) is 0 Å². The van der Waals surface area contributed by atoms with Crippen LogP contribution in [0.15, 0.2) is 60.7 Å². The molecule has 1 heterocycles. The smallest absolute Gasteiger partial charge is 0.331 e. The molecule has 1 fully saturated rings. The second kappa shape index (κ2) is 9.20. The highest BCUT2D eigenvalue weighted by Gasteiger charge is 2.47. The molecule has 0 saturated carbocycles. The summed E-state index contributed by atoms with van der Waals surface area (Å²) in [5.41, 5.74) is 0.218. The second-order valence-corrected chi connectivity index (χ2v) is 8.74. The van der Waals surface area contributed by atoms with Gasteiger partial charge in [0, 0.05) is 6.42 Å². The summed E-state index contributed by atoms with van der Waals surface area (Å²) in [6, 6.07) is 19.0. The van der Waals surface area contributed by atoms with E-state index in [1.54, 1.807) is 6.92 Å². The number of nitrogens with zero attached hydrogens (tertiary/aromatic N) is 1. The van der Waals surface area contributed by atoms with E-state index in [1.165, 1.54) is 7.11 Å². The summed E-state index contributed by atoms with van der Waals surface area (Å²) in [6.07, 6.45) is 0.334. The Bertz CT molecular complexity index is 900. The Morgan fingerprint density at radius 1 is 1.16 bits per heavy atom. The van der Waals surface area contributed by atoms with E-state index in [2.05, 4.69) is 10.2 Å². The molecule has 6 heteroatoms. The second-order valence-electron chi connectivity index (χ2n) is 8.74. The first kappa shape index (κ1) is 23.0. The van der Waals surface area contributed by atoms with Crippen LogP contribution in [0, 0.1) is 0 Å². The highest BCUT2D eigenvalue weighted by Crippen LogP contribution is 2.38. The summed E-state index contributed by atoms with van der Waals surface area (Å²) in [4.78, 5) is 28.1. The van der Waals surface area contributed by atoms with E-state index in [9.17, 15) is 9.59 Å². The summed E-state index contributed by atoms with van der Waals surface area (Å²) >= 11 is 0. The molecule has 0 aromatic heterocycles. The van der Waals surface area contributed by atoms with E-state index >= 15 is 0 Å². The molecular formula is C25H32N2O4. The Hall–Kier alpha value is -2.70. The van der Waals surface area contributed by atoms with Gasteiger partial charge in [-0.15, -0.1) is 0 Å². The molecule has 1 amide bonds. The van der Waals surface area contributed by atoms with Gasteiger partial charge in [0.05, 0.1) is 25.8 Å². The van der Waals surface area contributed by atoms with Crippen molar-refractivity contribution in [3.8, 4) is 0 Å². The van der Waals surface area contributed by atoms with Crippen LogP contribution in [0.5, 0.6) is 0 Å². The third-order valence-electron chi connectivity index (χ3n) is 5.97. The molecule has 0 unspecified atom stereocenters. The molecule has 3 rings (SSSR count). The summed E-state index contributed by atoms with van der Waals surface area (Å²) in [7, 11) is 1.34. The lowest BCUT2D eigenvalue weighted by molar-refractivity contribution is -0.152. The van der Waals surface area contributed by atoms with Gasteiger partial charge in [-0.1, -0.05) is 60.7 Å². The number of carbonyl (C=O) groups is 2. The first-order valence-electron chi connectivity index (χ1n) is 10.6. The zero-order valence-electron chi connectivity index (χ0n) is 18.9. The van der Waals surface area contributed by atoms with E-state index in [0.29, 0.717) is 13.0 Å². The minimum absolute atomic E-state index is 0.0598. The van der Waals surface area contributed by atoms with E-state index in [1.807, 2.05) is 81.4 Å². The number of rotatable bonds is 7. The van der Waals surface area contributed by atoms with Gasteiger partial charge in [-0.2, -0.15) is 0 Å². The van der Waals surface area contributed by atoms with E-state index in [-0.39, 0.29) is 11.9 Å². The fraction of sp³-hybridized carbons (Fsp3) is 0.440. The quantitative estimate of drug-likeness (QED) is 0.690. The molecule has 0 bridgehead atoms. The van der Waals surface area contributed by atoms with Gasteiger partial charge in [0.2, 0.25) is 5.91 Å². The molecular weight excluding hydrogens is 392 g/mol. The summed E-state index contributed by atoms with van der Waals surface area (Å²) in [5.74, 6) is -0.725. The molecule has 3 atom stereocenters. The van der Waals surface area contributed by atoms with E-state index in [4.69, 9.17) is 9.47 Å². The number of benzene rings is 2. The number of methoxy groups -OCH3 is 1. The fourth-order valence-corrected chi connectivity index (χ4v) is 4.38. The van der Waals surface area contributed by atoms with Crippen molar-refractivity contribution in [2.24, 2.45) is 0 Å². The monoisotopic (exact) mass is 424 g/mol. The van der Waals surface area contributed by atoms with Gasteiger partial charge in [0.25, 0.3) is 0 Å². The lowest BCUT2D eigenvalue weighted by atomic mass is 9.92. The van der Waals surface area contributed by atoms with Crippen molar-refractivity contribution in [1.29, 1.82) is 0 Å². The van der Waals surface area contributed by atoms with Crippen molar-refractivity contribution < 1.29 is 19.1 Å². The normalized spacial score (nSPS) is 21.1. The number of carbonyl (C=O) groups excluding carboxylic acids is 2. The molecule has 31 heavy (non-hydrogen) atoms. The van der Waals surface area contributed by atoms with Crippen molar-refractivity contribution in [2.45, 2.75) is 57.5 Å². The number of hydrogen-bond donors (Lipinski definition) is 1. The topological polar surface area (TPSA) is 67.9 Å². The maximum Gasteiger partial charge on any atom is 0.331 e. The van der Waals surface area contributed by atoms with Gasteiger partial charge < -0.3 is 14.8 Å². The molecule has 1 aliphatic heterocycles. The third-order valence-corrected chi connectivity index (χ3v) is 5.97. The molecule has 1 N–H and O–H groups in total. The van der Waals surface area contributed by atoms with E-state index in [0.717, 1.165) is 11.1 Å². The number of hydrogen-bond acceptors (Lipinski definition) is 5. The molecule has 2 aromatic rings. The Balaban J connectivity index is 1.84. The van der Waals surface area contributed by atoms with Gasteiger partial charge in [0.1, 0.15) is 11.3 Å². The fourth-order valence-electron chi connectivity index (χ4n) is 4.38. The summed E-state index contributed by atoms with van der Waals surface area (Å²) in [6.45, 7) is 7.97. The Kier molecular flexibility index (Phi) is 6.82. The standard InChI is InChI=1S/C25H32N2O4/c1-18(27-21(17-31-24(27,2)3)20-14-10-7-11-15-20)22(28)26-25(4,23(29)30-5)16-19-12-8-6-9-13-19/h6-15,18,21H,16-17H2,1-5H3,(H,26,28)/t18-,21-,25-/m0/s1. The first-order valence-corrected chi connectivity index (χ1v) is 10.6. The molecule has 166 valence electrons. The number of nitrogens with one attached hydrogen (secondary N) is 1. The van der Waals surface area contributed by atoms with Crippen molar-refractivity contribution in [1.82, 2.24) is 10.2 Å². The summed E-state index contributed by atoms with van der Waals surface area (Å²) < 4.78 is 11.1. The van der Waals surface area contributed by atoms with Crippen LogP contribution in [-0.4, -0.2) is 47.8 Å². The predicted molar refractivity (Wildman–Crippen MR) is 119 cm³/mol. The van der Waals surface area contributed by atoms with Gasteiger partial charge in [0.15, 0.2) is 0 Å². The Morgan fingerprint density at radius 3 is 2.32 bits per heavy atom. The van der Waals surface area contributed by atoms with Crippen molar-refractivity contribution in [3.05, 3.63) is 71.8 Å². The van der Waals surface area contributed by atoms with Gasteiger partial charge >= 0.3 is 5.97 Å². The van der Waals surface area contributed by atoms with Gasteiger partial charge in [-0.05, 0) is 38.8 Å².